The zero-order valence-corrected chi connectivity index (χ0v) is 15.0. The van der Waals surface area contributed by atoms with E-state index in [0.29, 0.717) is 36.4 Å². The summed E-state index contributed by atoms with van der Waals surface area (Å²) < 4.78 is 19.8. The first kappa shape index (κ1) is 17.7. The molecule has 1 aromatic carbocycles. The lowest BCUT2D eigenvalue weighted by atomic mass is 10.1. The number of hydrogen-bond donors (Lipinski definition) is 0. The minimum Gasteiger partial charge on any atom is -0.379 e. The Labute approximate surface area is 151 Å². The number of imidazole rings is 1. The van der Waals surface area contributed by atoms with Gasteiger partial charge in [-0.25, -0.2) is 4.98 Å². The van der Waals surface area contributed by atoms with E-state index in [1.807, 2.05) is 16.8 Å². The van der Waals surface area contributed by atoms with Crippen LogP contribution in [0.1, 0.15) is 18.9 Å². The van der Waals surface area contributed by atoms with Crippen molar-refractivity contribution < 1.29 is 14.2 Å². The molecule has 3 rings (SSSR count). The first-order chi connectivity index (χ1) is 11.6. The van der Waals surface area contributed by atoms with E-state index >= 15 is 0 Å². The van der Waals surface area contributed by atoms with Gasteiger partial charge in [0.05, 0.1) is 31.1 Å². The maximum Gasteiger partial charge on any atom is 0.215 e. The number of aromatic nitrogens is 2. The molecule has 1 aliphatic rings. The number of nitrogens with zero attached hydrogens (tertiary/aromatic N) is 2. The van der Waals surface area contributed by atoms with E-state index in [-0.39, 0.29) is 6.10 Å². The third kappa shape index (κ3) is 3.92. The smallest absolute Gasteiger partial charge is 0.215 e. The molecule has 5 nitrogen and oxygen atoms in total. The quantitative estimate of drug-likeness (QED) is 0.693. The van der Waals surface area contributed by atoms with Gasteiger partial charge in [-0.05, 0) is 18.6 Å². The maximum absolute atomic E-state index is 6.41. The average Bonchev–Trinajstić information content (AvgIpc) is 3.19. The van der Waals surface area contributed by atoms with Crippen LogP contribution in [0.5, 0.6) is 0 Å². The summed E-state index contributed by atoms with van der Waals surface area (Å²) in [7, 11) is 0. The second kappa shape index (κ2) is 7.85. The van der Waals surface area contributed by atoms with Crippen LogP contribution < -0.4 is 0 Å². The average molecular weight is 371 g/mol. The third-order valence-electron chi connectivity index (χ3n) is 3.80. The summed E-state index contributed by atoms with van der Waals surface area (Å²) in [6.07, 6.45) is 6.12. The summed E-state index contributed by atoms with van der Waals surface area (Å²) in [4.78, 5) is 4.08. The molecule has 2 atom stereocenters. The fourth-order valence-electron chi connectivity index (χ4n) is 2.73. The topological polar surface area (TPSA) is 45.5 Å². The Morgan fingerprint density at radius 3 is 3.00 bits per heavy atom. The van der Waals surface area contributed by atoms with E-state index in [4.69, 9.17) is 37.4 Å². The van der Waals surface area contributed by atoms with Crippen molar-refractivity contribution in [2.45, 2.75) is 31.8 Å². The molecule has 24 heavy (non-hydrogen) atoms. The molecule has 0 aliphatic carbocycles. The van der Waals surface area contributed by atoms with E-state index in [1.54, 1.807) is 24.7 Å². The second-order valence-electron chi connectivity index (χ2n) is 5.74. The van der Waals surface area contributed by atoms with Crippen molar-refractivity contribution in [1.29, 1.82) is 0 Å². The Morgan fingerprint density at radius 1 is 1.42 bits per heavy atom. The highest BCUT2D eigenvalue weighted by Gasteiger charge is 2.45. The van der Waals surface area contributed by atoms with Crippen molar-refractivity contribution in [2.75, 3.05) is 19.8 Å². The van der Waals surface area contributed by atoms with Gasteiger partial charge in [-0.2, -0.15) is 0 Å². The largest absolute Gasteiger partial charge is 0.379 e. The molecule has 1 saturated heterocycles. The van der Waals surface area contributed by atoms with Crippen LogP contribution in [0.2, 0.25) is 10.0 Å². The number of halogens is 2. The Hall–Kier alpha value is -1.11. The van der Waals surface area contributed by atoms with Crippen molar-refractivity contribution in [3.63, 3.8) is 0 Å². The van der Waals surface area contributed by atoms with E-state index in [2.05, 4.69) is 11.9 Å². The number of hydrogen-bond acceptors (Lipinski definition) is 4. The molecule has 0 amide bonds. The lowest BCUT2D eigenvalue weighted by Gasteiger charge is -2.30. The van der Waals surface area contributed by atoms with Crippen molar-refractivity contribution in [2.24, 2.45) is 0 Å². The molecule has 1 aromatic heterocycles. The van der Waals surface area contributed by atoms with Gasteiger partial charge in [-0.1, -0.05) is 36.2 Å². The molecule has 0 bridgehead atoms. The van der Waals surface area contributed by atoms with Crippen LogP contribution >= 0.6 is 23.2 Å². The van der Waals surface area contributed by atoms with E-state index in [9.17, 15) is 0 Å². The minimum absolute atomic E-state index is 0.146. The van der Waals surface area contributed by atoms with E-state index in [1.165, 1.54) is 0 Å². The fourth-order valence-corrected chi connectivity index (χ4v) is 3.29. The SMILES string of the molecule is CCCOC[C@@H]1CO[C@@](Cn2ccnc2)(c2ccc(Cl)cc2Cl)O1. The Bertz CT molecular complexity index is 666. The van der Waals surface area contributed by atoms with E-state index < -0.39 is 5.79 Å². The molecule has 130 valence electrons. The first-order valence-corrected chi connectivity index (χ1v) is 8.69. The van der Waals surface area contributed by atoms with Crippen molar-refractivity contribution in [3.05, 3.63) is 52.5 Å². The first-order valence-electron chi connectivity index (χ1n) is 7.94. The van der Waals surface area contributed by atoms with Crippen LogP contribution in [0.15, 0.2) is 36.9 Å². The van der Waals surface area contributed by atoms with Crippen LogP contribution in [-0.2, 0) is 26.5 Å². The van der Waals surface area contributed by atoms with Crippen molar-refractivity contribution >= 4 is 23.2 Å². The third-order valence-corrected chi connectivity index (χ3v) is 4.35. The maximum atomic E-state index is 6.41. The summed E-state index contributed by atoms with van der Waals surface area (Å²) in [5.41, 5.74) is 0.750. The molecule has 0 spiro atoms. The van der Waals surface area contributed by atoms with Crippen LogP contribution in [0.4, 0.5) is 0 Å². The zero-order chi connectivity index (χ0) is 17.0. The van der Waals surface area contributed by atoms with Gasteiger partial charge in [-0.3, -0.25) is 0 Å². The highest BCUT2D eigenvalue weighted by Crippen LogP contribution is 2.40. The number of benzene rings is 1. The second-order valence-corrected chi connectivity index (χ2v) is 6.58. The number of ether oxygens (including phenoxy) is 3. The van der Waals surface area contributed by atoms with Crippen molar-refractivity contribution in [3.8, 4) is 0 Å². The highest BCUT2D eigenvalue weighted by atomic mass is 35.5. The van der Waals surface area contributed by atoms with Gasteiger partial charge >= 0.3 is 0 Å². The highest BCUT2D eigenvalue weighted by molar-refractivity contribution is 6.35. The van der Waals surface area contributed by atoms with Gasteiger partial charge in [0.15, 0.2) is 0 Å². The van der Waals surface area contributed by atoms with Crippen LogP contribution in [0.25, 0.3) is 0 Å². The monoisotopic (exact) mass is 370 g/mol. The molecular weight excluding hydrogens is 351 g/mol. The van der Waals surface area contributed by atoms with Gasteiger partial charge < -0.3 is 18.8 Å². The van der Waals surface area contributed by atoms with E-state index in [0.717, 1.165) is 12.0 Å². The molecule has 7 heteroatoms. The van der Waals surface area contributed by atoms with Crippen molar-refractivity contribution in [1.82, 2.24) is 9.55 Å². The standard InChI is InChI=1S/C17H20Cl2N2O3/c1-2-7-22-9-14-10-23-17(24-14,11-21-6-5-20-12-21)15-4-3-13(18)8-16(15)19/h3-6,8,12,14H,2,7,9-11H2,1H3/t14-,17-/m1/s1. The molecule has 2 aromatic rings. The fraction of sp³-hybridized carbons (Fsp3) is 0.471. The van der Waals surface area contributed by atoms with Gasteiger partial charge in [-0.15, -0.1) is 0 Å². The summed E-state index contributed by atoms with van der Waals surface area (Å²) >= 11 is 12.4. The predicted molar refractivity (Wildman–Crippen MR) is 92.3 cm³/mol. The Kier molecular flexibility index (Phi) is 5.79. The zero-order valence-electron chi connectivity index (χ0n) is 13.5. The molecule has 1 fully saturated rings. The number of rotatable bonds is 7. The molecular formula is C17H20Cl2N2O3. The summed E-state index contributed by atoms with van der Waals surface area (Å²) in [6, 6.07) is 5.32. The molecule has 0 saturated carbocycles. The normalized spacial score (nSPS) is 23.7. The molecule has 2 heterocycles. The summed E-state index contributed by atoms with van der Waals surface area (Å²) in [5.74, 6) is -0.984. The van der Waals surface area contributed by atoms with Crippen LogP contribution in [0, 0.1) is 0 Å². The lowest BCUT2D eigenvalue weighted by molar-refractivity contribution is -0.191. The van der Waals surface area contributed by atoms with Gasteiger partial charge in [0, 0.05) is 29.6 Å². The summed E-state index contributed by atoms with van der Waals surface area (Å²) in [5, 5.41) is 1.08. The van der Waals surface area contributed by atoms with Gasteiger partial charge in [0.2, 0.25) is 5.79 Å². The lowest BCUT2D eigenvalue weighted by Crippen LogP contribution is -2.34. The summed E-state index contributed by atoms with van der Waals surface area (Å²) in [6.45, 7) is 4.15. The molecule has 1 aliphatic heterocycles. The molecule has 0 unspecified atom stereocenters. The Morgan fingerprint density at radius 2 is 2.29 bits per heavy atom. The predicted octanol–water partition coefficient (Wildman–Crippen LogP) is 3.88. The minimum atomic E-state index is -0.984. The molecule has 0 N–H and O–H groups in total. The van der Waals surface area contributed by atoms with Gasteiger partial charge in [0.25, 0.3) is 0 Å². The molecule has 0 radical (unpaired) electrons. The van der Waals surface area contributed by atoms with Crippen LogP contribution in [-0.4, -0.2) is 35.5 Å². The van der Waals surface area contributed by atoms with Gasteiger partial charge in [0.1, 0.15) is 6.10 Å². The Balaban J connectivity index is 1.85. The van der Waals surface area contributed by atoms with Crippen LogP contribution in [0.3, 0.4) is 0 Å².